The second kappa shape index (κ2) is 7.04. The number of benzene rings is 3. The molecular weight excluding hydrogens is 304 g/mol. The van der Waals surface area contributed by atoms with Crippen LogP contribution in [0.1, 0.15) is 0 Å². The summed E-state index contributed by atoms with van der Waals surface area (Å²) in [7, 11) is 0.989. The molecule has 0 aliphatic carbocycles. The normalized spacial score (nSPS) is 12.0. The van der Waals surface area contributed by atoms with Gasteiger partial charge in [-0.25, -0.2) is 0 Å². The Hall–Kier alpha value is -1.70. The Balaban J connectivity index is 2.34. The third kappa shape index (κ3) is 2.79. The Kier molecular flexibility index (Phi) is 4.87. The van der Waals surface area contributed by atoms with Gasteiger partial charge in [-0.2, -0.15) is 0 Å². The van der Waals surface area contributed by atoms with Crippen molar-refractivity contribution in [3.8, 4) is 0 Å². The Bertz CT molecular complexity index is 651. The molecule has 0 fully saturated rings. The molecule has 0 aromatic heterocycles. The molecule has 3 aromatic carbocycles. The van der Waals surface area contributed by atoms with Crippen molar-refractivity contribution in [3.05, 3.63) is 91.0 Å². The molecule has 0 aliphatic rings. The fourth-order valence-corrected chi connectivity index (χ4v) is 6.10. The standard InChI is InChI=1S/C18H17BNPS/c21-19-20-22(16-10-4-1-5-11-16,17-12-6-2-7-13-17)18-14-8-3-9-15-18/h1-15H,21H2. The van der Waals surface area contributed by atoms with Gasteiger partial charge in [-0.1, -0.05) is 0 Å². The second-order valence-corrected chi connectivity index (χ2v) is 7.86. The van der Waals surface area contributed by atoms with E-state index in [0.717, 1.165) is 0 Å². The summed E-state index contributed by atoms with van der Waals surface area (Å²) in [5, 5.41) is 0. The van der Waals surface area contributed by atoms with E-state index < -0.39 is 10.2 Å². The molecule has 0 aliphatic heterocycles. The Morgan fingerprint density at radius 2 is 0.909 bits per heavy atom. The zero-order valence-electron chi connectivity index (χ0n) is 12.2. The van der Waals surface area contributed by atoms with Crippen LogP contribution in [0.5, 0.6) is 0 Å². The Morgan fingerprint density at radius 3 is 1.18 bits per heavy atom. The maximum absolute atomic E-state index is 4.99. The van der Waals surface area contributed by atoms with Gasteiger partial charge in [-0.15, -0.1) is 0 Å². The van der Waals surface area contributed by atoms with Crippen LogP contribution in [-0.2, 0) is 0 Å². The summed E-state index contributed by atoms with van der Waals surface area (Å²) in [6.07, 6.45) is 0. The van der Waals surface area contributed by atoms with Gasteiger partial charge in [-0.3, -0.25) is 0 Å². The summed E-state index contributed by atoms with van der Waals surface area (Å²) in [6.45, 7) is 1.85. The van der Waals surface area contributed by atoms with Crippen LogP contribution < -0.4 is 0 Å². The van der Waals surface area contributed by atoms with E-state index in [0.29, 0.717) is 0 Å². The van der Waals surface area contributed by atoms with Gasteiger partial charge >= 0.3 is 136 Å². The summed E-state index contributed by atoms with van der Waals surface area (Å²) >= 11 is 0. The molecule has 4 heteroatoms. The van der Waals surface area contributed by atoms with E-state index in [4.69, 9.17) is 4.30 Å². The van der Waals surface area contributed by atoms with Crippen LogP contribution in [0.3, 0.4) is 0 Å². The monoisotopic (exact) mass is 321 g/mol. The molecule has 1 unspecified atom stereocenters. The SMILES string of the molecule is P/B=N/S(c1ccccc1)(c1ccccc1)c1ccccc1. The fourth-order valence-electron chi connectivity index (χ4n) is 2.53. The molecule has 3 rings (SSSR count). The molecule has 108 valence electrons. The van der Waals surface area contributed by atoms with Gasteiger partial charge in [0.25, 0.3) is 0 Å². The second-order valence-electron chi connectivity index (χ2n) is 4.77. The molecule has 0 saturated heterocycles. The molecule has 0 bridgehead atoms. The molecule has 0 spiro atoms. The van der Waals surface area contributed by atoms with Crippen molar-refractivity contribution in [1.29, 1.82) is 0 Å². The molecule has 0 saturated carbocycles. The first-order chi connectivity index (χ1) is 10.9. The van der Waals surface area contributed by atoms with Gasteiger partial charge in [0, 0.05) is 0 Å². The summed E-state index contributed by atoms with van der Waals surface area (Å²) in [5.74, 6) is 0. The molecule has 0 heterocycles. The van der Waals surface area contributed by atoms with E-state index in [2.05, 4.69) is 81.9 Å². The fraction of sp³-hybridized carbons (Fsp3) is 0. The minimum absolute atomic E-state index is 1.24. The molecule has 0 amide bonds. The quantitative estimate of drug-likeness (QED) is 0.440. The average molecular weight is 321 g/mol. The van der Waals surface area contributed by atoms with Crippen molar-refractivity contribution in [2.45, 2.75) is 14.7 Å². The molecular formula is C18H17BNPS. The number of nitrogens with zero attached hydrogens (tertiary/aromatic N) is 1. The van der Waals surface area contributed by atoms with Crippen LogP contribution >= 0.6 is 19.3 Å². The van der Waals surface area contributed by atoms with Gasteiger partial charge in [0.05, 0.1) is 0 Å². The molecule has 3 aromatic rings. The van der Waals surface area contributed by atoms with E-state index in [1.165, 1.54) is 14.7 Å². The zero-order chi connectivity index (χ0) is 15.3. The van der Waals surface area contributed by atoms with Crippen LogP contribution in [0.25, 0.3) is 0 Å². The molecule has 0 radical (unpaired) electrons. The maximum atomic E-state index is 4.99. The van der Waals surface area contributed by atoms with Crippen LogP contribution in [0.15, 0.2) is 110 Å². The van der Waals surface area contributed by atoms with Gasteiger partial charge in [0.1, 0.15) is 0 Å². The first kappa shape index (κ1) is 15.2. The number of hydrogen-bond donors (Lipinski definition) is 0. The van der Waals surface area contributed by atoms with Crippen molar-refractivity contribution >= 4 is 26.1 Å². The number of hydrogen-bond acceptors (Lipinski definition) is 1. The van der Waals surface area contributed by atoms with Gasteiger partial charge in [0.2, 0.25) is 0 Å². The van der Waals surface area contributed by atoms with Gasteiger partial charge in [-0.05, 0) is 0 Å². The molecule has 0 N–H and O–H groups in total. The first-order valence-electron chi connectivity index (χ1n) is 7.12. The Morgan fingerprint density at radius 1 is 0.591 bits per heavy atom. The van der Waals surface area contributed by atoms with Crippen molar-refractivity contribution in [3.63, 3.8) is 0 Å². The summed E-state index contributed by atoms with van der Waals surface area (Å²) < 4.78 is 4.99. The Labute approximate surface area is 136 Å². The summed E-state index contributed by atoms with van der Waals surface area (Å²) in [4.78, 5) is 3.73. The average Bonchev–Trinajstić information content (AvgIpc) is 2.62. The van der Waals surface area contributed by atoms with Crippen LogP contribution in [0.4, 0.5) is 0 Å². The van der Waals surface area contributed by atoms with Gasteiger partial charge in [0.15, 0.2) is 0 Å². The topological polar surface area (TPSA) is 12.4 Å². The first-order valence-corrected chi connectivity index (χ1v) is 9.38. The van der Waals surface area contributed by atoms with Crippen molar-refractivity contribution in [2.75, 3.05) is 0 Å². The molecule has 1 nitrogen and oxygen atoms in total. The number of rotatable bonds is 4. The summed E-state index contributed by atoms with van der Waals surface area (Å²) in [5.41, 5.74) is 0. The van der Waals surface area contributed by atoms with E-state index in [1.54, 1.807) is 0 Å². The van der Waals surface area contributed by atoms with E-state index in [1.807, 2.05) is 25.0 Å². The van der Waals surface area contributed by atoms with E-state index in [9.17, 15) is 0 Å². The van der Waals surface area contributed by atoms with Crippen molar-refractivity contribution in [2.24, 2.45) is 4.30 Å². The zero-order valence-corrected chi connectivity index (χ0v) is 14.1. The third-order valence-corrected chi connectivity index (χ3v) is 7.14. The van der Waals surface area contributed by atoms with E-state index >= 15 is 0 Å². The van der Waals surface area contributed by atoms with Crippen LogP contribution in [-0.4, -0.2) is 6.79 Å². The third-order valence-electron chi connectivity index (χ3n) is 3.47. The summed E-state index contributed by atoms with van der Waals surface area (Å²) in [6, 6.07) is 31.7. The van der Waals surface area contributed by atoms with Crippen LogP contribution in [0.2, 0.25) is 0 Å². The van der Waals surface area contributed by atoms with Crippen molar-refractivity contribution in [1.82, 2.24) is 0 Å². The minimum atomic E-state index is -1.63. The predicted octanol–water partition coefficient (Wildman–Crippen LogP) is 5.56. The van der Waals surface area contributed by atoms with E-state index in [-0.39, 0.29) is 0 Å². The molecule has 22 heavy (non-hydrogen) atoms. The van der Waals surface area contributed by atoms with Crippen molar-refractivity contribution < 1.29 is 0 Å². The van der Waals surface area contributed by atoms with Gasteiger partial charge < -0.3 is 0 Å². The van der Waals surface area contributed by atoms with Crippen LogP contribution in [0, 0.1) is 0 Å². The predicted molar refractivity (Wildman–Crippen MR) is 99.6 cm³/mol. The molecule has 1 atom stereocenters.